The van der Waals surface area contributed by atoms with Gasteiger partial charge < -0.3 is 20.5 Å². The molecule has 0 bridgehead atoms. The first-order valence-electron chi connectivity index (χ1n) is 9.38. The van der Waals surface area contributed by atoms with E-state index >= 15 is 0 Å². The summed E-state index contributed by atoms with van der Waals surface area (Å²) >= 11 is 0. The first-order chi connectivity index (χ1) is 14.0. The Morgan fingerprint density at radius 1 is 1.14 bits per heavy atom. The van der Waals surface area contributed by atoms with Gasteiger partial charge in [0, 0.05) is 17.7 Å². The molecule has 7 heteroatoms. The molecule has 0 saturated heterocycles. The fourth-order valence-corrected chi connectivity index (χ4v) is 3.12. The number of aryl methyl sites for hydroxylation is 2. The third-order valence-electron chi connectivity index (χ3n) is 4.74. The lowest BCUT2D eigenvalue weighted by molar-refractivity contribution is -0.116. The highest BCUT2D eigenvalue weighted by Gasteiger charge is 2.13. The highest BCUT2D eigenvalue weighted by atomic mass is 16.5. The second-order valence-corrected chi connectivity index (χ2v) is 6.77. The van der Waals surface area contributed by atoms with Crippen molar-refractivity contribution >= 4 is 17.4 Å². The van der Waals surface area contributed by atoms with Gasteiger partial charge in [-0.2, -0.15) is 5.10 Å². The summed E-state index contributed by atoms with van der Waals surface area (Å²) in [4.78, 5) is 12.5. The summed E-state index contributed by atoms with van der Waals surface area (Å²) in [6.07, 6.45) is 2.67. The summed E-state index contributed by atoms with van der Waals surface area (Å²) in [6, 6.07) is 13.3. The molecule has 1 heterocycles. The molecule has 3 aromatic rings. The number of benzene rings is 2. The summed E-state index contributed by atoms with van der Waals surface area (Å²) in [5.41, 5.74) is 9.52. The zero-order valence-corrected chi connectivity index (χ0v) is 16.9. The number of para-hydroxylation sites is 1. The fourth-order valence-electron chi connectivity index (χ4n) is 3.12. The number of aromatic nitrogens is 2. The van der Waals surface area contributed by atoms with Gasteiger partial charge >= 0.3 is 0 Å². The number of nitrogens with two attached hydrogens (primary N) is 1. The monoisotopic (exact) mass is 394 g/mol. The Morgan fingerprint density at radius 2 is 1.90 bits per heavy atom. The highest BCUT2D eigenvalue weighted by molar-refractivity contribution is 5.90. The number of nitrogens with one attached hydrogen (secondary N) is 1. The molecule has 0 saturated carbocycles. The van der Waals surface area contributed by atoms with Crippen molar-refractivity contribution in [2.45, 2.75) is 26.3 Å². The second kappa shape index (κ2) is 9.14. The molecule has 0 aliphatic rings. The van der Waals surface area contributed by atoms with Gasteiger partial charge in [-0.3, -0.25) is 4.79 Å². The van der Waals surface area contributed by atoms with Crippen molar-refractivity contribution in [2.24, 2.45) is 0 Å². The van der Waals surface area contributed by atoms with Gasteiger partial charge in [0.15, 0.2) is 11.5 Å². The molecular formula is C22H26N4O3. The third kappa shape index (κ3) is 4.87. The zero-order valence-electron chi connectivity index (χ0n) is 16.9. The molecule has 0 atom stereocenters. The second-order valence-electron chi connectivity index (χ2n) is 6.77. The van der Waals surface area contributed by atoms with Crippen molar-refractivity contribution < 1.29 is 14.3 Å². The third-order valence-corrected chi connectivity index (χ3v) is 4.74. The van der Waals surface area contributed by atoms with Crippen LogP contribution in [-0.2, 0) is 17.8 Å². The van der Waals surface area contributed by atoms with Crippen LogP contribution >= 0.6 is 0 Å². The lowest BCUT2D eigenvalue weighted by Gasteiger charge is -2.13. The Bertz CT molecular complexity index is 997. The van der Waals surface area contributed by atoms with E-state index in [2.05, 4.69) is 10.4 Å². The number of nitrogens with zero attached hydrogens (tertiary/aromatic N) is 2. The number of methoxy groups -OCH3 is 2. The molecule has 0 radical (unpaired) electrons. The van der Waals surface area contributed by atoms with E-state index in [9.17, 15) is 4.79 Å². The van der Waals surface area contributed by atoms with Gasteiger partial charge in [-0.1, -0.05) is 24.3 Å². The Hall–Kier alpha value is -3.48. The van der Waals surface area contributed by atoms with Gasteiger partial charge in [0.1, 0.15) is 5.82 Å². The van der Waals surface area contributed by atoms with Gasteiger partial charge in [0.25, 0.3) is 0 Å². The van der Waals surface area contributed by atoms with E-state index in [1.54, 1.807) is 25.1 Å². The lowest BCUT2D eigenvalue weighted by Crippen LogP contribution is -2.17. The van der Waals surface area contributed by atoms with Gasteiger partial charge in [-0.05, 0) is 42.7 Å². The summed E-state index contributed by atoms with van der Waals surface area (Å²) < 4.78 is 12.4. The number of hydrogen-bond acceptors (Lipinski definition) is 5. The molecule has 7 nitrogen and oxygen atoms in total. The molecule has 0 unspecified atom stereocenters. The van der Waals surface area contributed by atoms with Crippen LogP contribution in [-0.4, -0.2) is 29.9 Å². The summed E-state index contributed by atoms with van der Waals surface area (Å²) in [5, 5.41) is 7.39. The molecule has 3 rings (SSSR count). The molecule has 1 amide bonds. The smallest absolute Gasteiger partial charge is 0.225 e. The summed E-state index contributed by atoms with van der Waals surface area (Å²) in [5.74, 6) is 1.93. The van der Waals surface area contributed by atoms with Crippen molar-refractivity contribution in [2.75, 3.05) is 25.3 Å². The molecule has 0 aliphatic heterocycles. The van der Waals surface area contributed by atoms with E-state index in [4.69, 9.17) is 15.2 Å². The molecule has 3 N–H and O–H groups in total. The molecule has 152 valence electrons. The van der Waals surface area contributed by atoms with E-state index in [0.717, 1.165) is 16.7 Å². The highest BCUT2D eigenvalue weighted by Crippen LogP contribution is 2.28. The van der Waals surface area contributed by atoms with Crippen molar-refractivity contribution in [3.8, 4) is 11.5 Å². The van der Waals surface area contributed by atoms with Crippen LogP contribution in [0.5, 0.6) is 11.5 Å². The lowest BCUT2D eigenvalue weighted by atomic mass is 10.1. The van der Waals surface area contributed by atoms with Crippen LogP contribution in [0.15, 0.2) is 48.7 Å². The molecule has 0 spiro atoms. The van der Waals surface area contributed by atoms with Crippen LogP contribution in [0.4, 0.5) is 11.5 Å². The van der Waals surface area contributed by atoms with Gasteiger partial charge in [0.05, 0.1) is 27.0 Å². The Morgan fingerprint density at radius 3 is 2.62 bits per heavy atom. The number of amides is 1. The number of ether oxygens (including phenoxy) is 2. The topological polar surface area (TPSA) is 91.4 Å². The molecule has 2 aromatic carbocycles. The van der Waals surface area contributed by atoms with Crippen LogP contribution in [0.3, 0.4) is 0 Å². The van der Waals surface area contributed by atoms with E-state index in [-0.39, 0.29) is 5.91 Å². The summed E-state index contributed by atoms with van der Waals surface area (Å²) in [7, 11) is 3.20. The SMILES string of the molecule is COc1ccc(Cn2ncc(C)c2NC(=O)CCc2ccccc2N)cc1OC. The van der Waals surface area contributed by atoms with E-state index in [1.807, 2.05) is 49.4 Å². The minimum atomic E-state index is -0.0783. The Balaban J connectivity index is 1.69. The maximum Gasteiger partial charge on any atom is 0.225 e. The quantitative estimate of drug-likeness (QED) is 0.571. The molecule has 29 heavy (non-hydrogen) atoms. The summed E-state index contributed by atoms with van der Waals surface area (Å²) in [6.45, 7) is 2.42. The van der Waals surface area contributed by atoms with Crippen LogP contribution in [0.1, 0.15) is 23.1 Å². The van der Waals surface area contributed by atoms with Gasteiger partial charge in [-0.15, -0.1) is 0 Å². The van der Waals surface area contributed by atoms with Crippen LogP contribution in [0.25, 0.3) is 0 Å². The van der Waals surface area contributed by atoms with Gasteiger partial charge in [0.2, 0.25) is 5.91 Å². The number of hydrogen-bond donors (Lipinski definition) is 2. The normalized spacial score (nSPS) is 10.6. The first-order valence-corrected chi connectivity index (χ1v) is 9.38. The number of nitrogen functional groups attached to an aromatic ring is 1. The van der Waals surface area contributed by atoms with Crippen LogP contribution in [0, 0.1) is 6.92 Å². The predicted molar refractivity (Wildman–Crippen MR) is 113 cm³/mol. The minimum Gasteiger partial charge on any atom is -0.493 e. The van der Waals surface area contributed by atoms with Crippen molar-refractivity contribution in [3.63, 3.8) is 0 Å². The predicted octanol–water partition coefficient (Wildman–Crippen LogP) is 3.41. The zero-order chi connectivity index (χ0) is 20.8. The Kier molecular flexibility index (Phi) is 6.39. The first kappa shape index (κ1) is 20.3. The largest absolute Gasteiger partial charge is 0.493 e. The molecule has 0 aliphatic carbocycles. The fraction of sp³-hybridized carbons (Fsp3) is 0.273. The maximum atomic E-state index is 12.5. The van der Waals surface area contributed by atoms with E-state index in [0.29, 0.717) is 42.4 Å². The number of rotatable bonds is 8. The van der Waals surface area contributed by atoms with E-state index in [1.165, 1.54) is 0 Å². The average molecular weight is 394 g/mol. The average Bonchev–Trinajstić information content (AvgIpc) is 3.06. The Labute approximate surface area is 170 Å². The standard InChI is InChI=1S/C22H26N4O3/c1-15-13-24-26(14-16-8-10-19(28-2)20(12-16)29-3)22(15)25-21(27)11-9-17-6-4-5-7-18(17)23/h4-8,10,12-13H,9,11,14,23H2,1-3H3,(H,25,27). The van der Waals surface area contributed by atoms with E-state index < -0.39 is 0 Å². The number of anilines is 2. The van der Waals surface area contributed by atoms with Crippen LogP contribution < -0.4 is 20.5 Å². The van der Waals surface area contributed by atoms with Crippen molar-refractivity contribution in [1.82, 2.24) is 9.78 Å². The van der Waals surface area contributed by atoms with Gasteiger partial charge in [-0.25, -0.2) is 4.68 Å². The van der Waals surface area contributed by atoms with Crippen molar-refractivity contribution in [1.29, 1.82) is 0 Å². The molecule has 0 fully saturated rings. The van der Waals surface area contributed by atoms with Crippen molar-refractivity contribution in [3.05, 3.63) is 65.4 Å². The maximum absolute atomic E-state index is 12.5. The molecule has 1 aromatic heterocycles. The minimum absolute atomic E-state index is 0.0783. The number of carbonyl (C=O) groups excluding carboxylic acids is 1. The van der Waals surface area contributed by atoms with Crippen LogP contribution in [0.2, 0.25) is 0 Å². The number of carbonyl (C=O) groups is 1. The molecular weight excluding hydrogens is 368 g/mol.